The number of halogens is 2. The van der Waals surface area contributed by atoms with Gasteiger partial charge in [0, 0.05) is 5.56 Å². The first kappa shape index (κ1) is 11.1. The maximum atomic E-state index is 13.5. The second kappa shape index (κ2) is 4.02. The summed E-state index contributed by atoms with van der Waals surface area (Å²) in [7, 11) is 0. The Labute approximate surface area is 109 Å². The molecule has 2 heterocycles. The fourth-order valence-electron chi connectivity index (χ4n) is 1.63. The van der Waals surface area contributed by atoms with Crippen molar-refractivity contribution in [1.29, 1.82) is 0 Å². The molecule has 0 amide bonds. The molecule has 1 aromatic carbocycles. The molecule has 5 nitrogen and oxygen atoms in total. The zero-order chi connectivity index (χ0) is 12.7. The van der Waals surface area contributed by atoms with Crippen molar-refractivity contribution in [2.45, 2.75) is 0 Å². The number of aromatic amines is 1. The van der Waals surface area contributed by atoms with Gasteiger partial charge in [0.2, 0.25) is 0 Å². The van der Waals surface area contributed by atoms with Gasteiger partial charge in [-0.2, -0.15) is 0 Å². The average Bonchev–Trinajstić information content (AvgIpc) is 2.78. The van der Waals surface area contributed by atoms with Gasteiger partial charge in [-0.15, -0.1) is 0 Å². The highest BCUT2D eigenvalue weighted by Crippen LogP contribution is 2.25. The Hall–Kier alpha value is -2.02. The molecule has 3 aromatic rings. The van der Waals surface area contributed by atoms with E-state index in [2.05, 4.69) is 35.9 Å². The van der Waals surface area contributed by atoms with Crippen molar-refractivity contribution in [2.75, 3.05) is 5.73 Å². The molecule has 0 aliphatic carbocycles. The molecule has 90 valence electrons. The van der Waals surface area contributed by atoms with E-state index in [1.54, 1.807) is 12.1 Å². The molecule has 0 unspecified atom stereocenters. The lowest BCUT2D eigenvalue weighted by Crippen LogP contribution is -1.91. The van der Waals surface area contributed by atoms with Crippen molar-refractivity contribution in [3.05, 3.63) is 34.8 Å². The van der Waals surface area contributed by atoms with E-state index in [4.69, 9.17) is 5.73 Å². The Morgan fingerprint density at radius 3 is 2.83 bits per heavy atom. The molecular weight excluding hydrogens is 301 g/mol. The molecular formula is C11H7BrFN5. The third kappa shape index (κ3) is 1.72. The molecule has 0 aliphatic rings. The lowest BCUT2D eigenvalue weighted by atomic mass is 10.2. The van der Waals surface area contributed by atoms with Crippen LogP contribution in [0.15, 0.2) is 29.0 Å². The van der Waals surface area contributed by atoms with Crippen LogP contribution >= 0.6 is 15.9 Å². The Morgan fingerprint density at radius 2 is 2.11 bits per heavy atom. The molecule has 0 spiro atoms. The van der Waals surface area contributed by atoms with Gasteiger partial charge < -0.3 is 10.7 Å². The van der Waals surface area contributed by atoms with E-state index >= 15 is 0 Å². The molecule has 3 rings (SSSR count). The Bertz CT molecular complexity index is 739. The smallest absolute Gasteiger partial charge is 0.183 e. The first-order chi connectivity index (χ1) is 8.65. The van der Waals surface area contributed by atoms with Crippen LogP contribution in [0.2, 0.25) is 0 Å². The van der Waals surface area contributed by atoms with E-state index in [-0.39, 0.29) is 5.82 Å². The topological polar surface area (TPSA) is 80.5 Å². The van der Waals surface area contributed by atoms with E-state index in [1.807, 2.05) is 0 Å². The summed E-state index contributed by atoms with van der Waals surface area (Å²) < 4.78 is 13.9. The number of hydrogen-bond acceptors (Lipinski definition) is 4. The van der Waals surface area contributed by atoms with Crippen molar-refractivity contribution in [3.8, 4) is 11.4 Å². The summed E-state index contributed by atoms with van der Waals surface area (Å²) >= 11 is 3.10. The van der Waals surface area contributed by atoms with Crippen molar-refractivity contribution in [3.63, 3.8) is 0 Å². The van der Waals surface area contributed by atoms with Gasteiger partial charge in [0.05, 0.1) is 4.47 Å². The molecule has 3 N–H and O–H groups in total. The minimum Gasteiger partial charge on any atom is -0.382 e. The molecule has 18 heavy (non-hydrogen) atoms. The van der Waals surface area contributed by atoms with Crippen LogP contribution in [0, 0.1) is 5.82 Å². The van der Waals surface area contributed by atoms with Gasteiger partial charge in [-0.1, -0.05) is 0 Å². The molecule has 2 aromatic heterocycles. The van der Waals surface area contributed by atoms with Gasteiger partial charge in [-0.25, -0.2) is 19.3 Å². The van der Waals surface area contributed by atoms with Gasteiger partial charge >= 0.3 is 0 Å². The lowest BCUT2D eigenvalue weighted by Gasteiger charge is -1.98. The summed E-state index contributed by atoms with van der Waals surface area (Å²) in [6.45, 7) is 0. The van der Waals surface area contributed by atoms with E-state index in [0.717, 1.165) is 0 Å². The number of benzene rings is 1. The predicted octanol–water partition coefficient (Wildman–Crippen LogP) is 2.50. The molecule has 7 heteroatoms. The Morgan fingerprint density at radius 1 is 1.28 bits per heavy atom. The van der Waals surface area contributed by atoms with E-state index in [0.29, 0.717) is 32.8 Å². The van der Waals surface area contributed by atoms with Gasteiger partial charge in [0.15, 0.2) is 11.5 Å². The number of rotatable bonds is 1. The monoisotopic (exact) mass is 307 g/mol. The maximum absolute atomic E-state index is 13.5. The molecule has 0 fully saturated rings. The van der Waals surface area contributed by atoms with Gasteiger partial charge in [-0.05, 0) is 34.1 Å². The summed E-state index contributed by atoms with van der Waals surface area (Å²) in [5, 5.41) is 0. The first-order valence-corrected chi connectivity index (χ1v) is 5.86. The summed E-state index contributed by atoms with van der Waals surface area (Å²) in [6, 6.07) is 4.74. The molecule has 0 radical (unpaired) electrons. The summed E-state index contributed by atoms with van der Waals surface area (Å²) in [5.74, 6) is 0.465. The van der Waals surface area contributed by atoms with Crippen molar-refractivity contribution >= 4 is 32.9 Å². The predicted molar refractivity (Wildman–Crippen MR) is 69.2 cm³/mol. The number of nitrogens with one attached hydrogen (secondary N) is 1. The van der Waals surface area contributed by atoms with Crippen LogP contribution in [0.25, 0.3) is 22.6 Å². The lowest BCUT2D eigenvalue weighted by molar-refractivity contribution is 0.621. The summed E-state index contributed by atoms with van der Waals surface area (Å²) in [4.78, 5) is 15.1. The quantitative estimate of drug-likeness (QED) is 0.724. The van der Waals surface area contributed by atoms with E-state index in [9.17, 15) is 4.39 Å². The van der Waals surface area contributed by atoms with Gasteiger partial charge in [0.25, 0.3) is 0 Å². The molecule has 0 aliphatic heterocycles. The fraction of sp³-hybridized carbons (Fsp3) is 0. The first-order valence-electron chi connectivity index (χ1n) is 5.07. The van der Waals surface area contributed by atoms with Gasteiger partial charge in [-0.3, -0.25) is 0 Å². The zero-order valence-corrected chi connectivity index (χ0v) is 10.6. The van der Waals surface area contributed by atoms with Crippen molar-refractivity contribution in [1.82, 2.24) is 19.9 Å². The van der Waals surface area contributed by atoms with E-state index < -0.39 is 0 Å². The number of anilines is 1. The van der Waals surface area contributed by atoms with Crippen LogP contribution < -0.4 is 5.73 Å². The summed E-state index contributed by atoms with van der Waals surface area (Å²) in [5.41, 5.74) is 7.33. The Balaban J connectivity index is 2.19. The van der Waals surface area contributed by atoms with Crippen LogP contribution in [0.4, 0.5) is 10.2 Å². The minimum atomic E-state index is -0.355. The molecule has 0 bridgehead atoms. The normalized spacial score (nSPS) is 11.0. The number of nitrogens with two attached hydrogens (primary N) is 1. The highest BCUT2D eigenvalue weighted by molar-refractivity contribution is 9.10. The van der Waals surface area contributed by atoms with Gasteiger partial charge in [0.1, 0.15) is 23.5 Å². The SMILES string of the molecule is Nc1ncnc2nc(-c3ccc(Br)c(F)c3)[nH]c12. The van der Waals surface area contributed by atoms with Crippen LogP contribution in [0.1, 0.15) is 0 Å². The number of nitrogens with zero attached hydrogens (tertiary/aromatic N) is 3. The molecule has 0 saturated carbocycles. The second-order valence-electron chi connectivity index (χ2n) is 3.67. The number of hydrogen-bond donors (Lipinski definition) is 2. The maximum Gasteiger partial charge on any atom is 0.183 e. The molecule has 0 atom stereocenters. The van der Waals surface area contributed by atoms with Crippen LogP contribution in [-0.4, -0.2) is 19.9 Å². The average molecular weight is 308 g/mol. The fourth-order valence-corrected chi connectivity index (χ4v) is 1.87. The number of H-pyrrole nitrogens is 1. The third-order valence-corrected chi connectivity index (χ3v) is 3.15. The zero-order valence-electron chi connectivity index (χ0n) is 8.98. The van der Waals surface area contributed by atoms with E-state index in [1.165, 1.54) is 12.4 Å². The summed E-state index contributed by atoms with van der Waals surface area (Å²) in [6.07, 6.45) is 1.34. The standard InChI is InChI=1S/C11H7BrFN5/c12-6-2-1-5(3-7(6)13)10-17-8-9(14)15-4-16-11(8)18-10/h1-4H,(H3,14,15,16,17,18). The number of imidazole rings is 1. The highest BCUT2D eigenvalue weighted by atomic mass is 79.9. The number of fused-ring (bicyclic) bond motifs is 1. The minimum absolute atomic E-state index is 0.316. The number of aromatic nitrogens is 4. The van der Waals surface area contributed by atoms with Crippen LogP contribution in [0.3, 0.4) is 0 Å². The second-order valence-corrected chi connectivity index (χ2v) is 4.53. The van der Waals surface area contributed by atoms with Crippen LogP contribution in [-0.2, 0) is 0 Å². The van der Waals surface area contributed by atoms with Crippen LogP contribution in [0.5, 0.6) is 0 Å². The molecule has 0 saturated heterocycles. The Kier molecular flexibility index (Phi) is 2.48. The van der Waals surface area contributed by atoms with Crippen molar-refractivity contribution in [2.24, 2.45) is 0 Å². The third-order valence-electron chi connectivity index (χ3n) is 2.51. The largest absolute Gasteiger partial charge is 0.382 e. The highest BCUT2D eigenvalue weighted by Gasteiger charge is 2.10. The number of nitrogen functional groups attached to an aromatic ring is 1. The van der Waals surface area contributed by atoms with Crippen molar-refractivity contribution < 1.29 is 4.39 Å².